The number of aryl methyl sites for hydroxylation is 1. The van der Waals surface area contributed by atoms with Crippen LogP contribution in [-0.4, -0.2) is 61.4 Å². The molecule has 0 spiro atoms. The maximum absolute atomic E-state index is 12.9. The molecule has 2 aromatic carbocycles. The zero-order valence-corrected chi connectivity index (χ0v) is 17.8. The molecule has 0 atom stereocenters. The summed E-state index contributed by atoms with van der Waals surface area (Å²) in [5.41, 5.74) is 2.40. The summed E-state index contributed by atoms with van der Waals surface area (Å²) in [5.74, 6) is -0.293. The van der Waals surface area contributed by atoms with Crippen molar-refractivity contribution in [2.75, 3.05) is 49.1 Å². The van der Waals surface area contributed by atoms with E-state index in [1.807, 2.05) is 4.90 Å². The minimum atomic E-state index is -4.74. The number of ether oxygens (including phenoxy) is 1. The van der Waals surface area contributed by atoms with Crippen molar-refractivity contribution in [3.05, 3.63) is 58.1 Å². The van der Waals surface area contributed by atoms with Crippen LogP contribution in [0.15, 0.2) is 42.5 Å². The van der Waals surface area contributed by atoms with Crippen LogP contribution in [-0.2, 0) is 11.2 Å². The van der Waals surface area contributed by atoms with Crippen molar-refractivity contribution in [2.24, 2.45) is 0 Å². The average Bonchev–Trinajstić information content (AvgIpc) is 2.78. The Morgan fingerprint density at radius 1 is 1.03 bits per heavy atom. The maximum Gasteiger partial charge on any atom is 0.573 e. The van der Waals surface area contributed by atoms with Crippen LogP contribution in [0.3, 0.4) is 0 Å². The molecule has 0 aromatic heterocycles. The lowest BCUT2D eigenvalue weighted by molar-refractivity contribution is -0.384. The summed E-state index contributed by atoms with van der Waals surface area (Å²) in [7, 11) is 0. The maximum atomic E-state index is 12.9. The predicted molar refractivity (Wildman–Crippen MR) is 116 cm³/mol. The number of carbonyl (C=O) groups excluding carboxylic acids is 1. The van der Waals surface area contributed by atoms with E-state index in [4.69, 9.17) is 0 Å². The summed E-state index contributed by atoms with van der Waals surface area (Å²) < 4.78 is 41.5. The molecule has 0 N–H and O–H groups in total. The molecular formula is C22H23F3N4O4. The second-order valence-corrected chi connectivity index (χ2v) is 8.00. The molecule has 2 aromatic rings. The van der Waals surface area contributed by atoms with Crippen molar-refractivity contribution in [3.63, 3.8) is 0 Å². The van der Waals surface area contributed by atoms with Crippen LogP contribution in [0.25, 0.3) is 0 Å². The molecule has 1 saturated heterocycles. The molecule has 176 valence electrons. The number of nitrogens with zero attached hydrogens (tertiary/aromatic N) is 4. The van der Waals surface area contributed by atoms with Gasteiger partial charge in [-0.25, -0.2) is 0 Å². The van der Waals surface area contributed by atoms with E-state index in [0.29, 0.717) is 39.1 Å². The van der Waals surface area contributed by atoms with Crippen LogP contribution in [0.1, 0.15) is 12.0 Å². The number of benzene rings is 2. The van der Waals surface area contributed by atoms with Gasteiger partial charge in [0, 0.05) is 56.2 Å². The van der Waals surface area contributed by atoms with Crippen molar-refractivity contribution < 1.29 is 27.6 Å². The second kappa shape index (κ2) is 9.16. The van der Waals surface area contributed by atoms with Crippen LogP contribution in [0, 0.1) is 10.1 Å². The Morgan fingerprint density at radius 3 is 2.36 bits per heavy atom. The van der Waals surface area contributed by atoms with Gasteiger partial charge < -0.3 is 19.4 Å². The Labute approximate surface area is 188 Å². The van der Waals surface area contributed by atoms with Gasteiger partial charge in [0.1, 0.15) is 5.75 Å². The molecule has 2 aliphatic rings. The van der Waals surface area contributed by atoms with Crippen LogP contribution < -0.4 is 14.5 Å². The van der Waals surface area contributed by atoms with E-state index in [1.54, 1.807) is 23.1 Å². The van der Waals surface area contributed by atoms with Crippen LogP contribution in [0.5, 0.6) is 5.75 Å². The minimum Gasteiger partial charge on any atom is -0.406 e. The molecule has 0 bridgehead atoms. The number of carbonyl (C=O) groups is 1. The Bertz CT molecular complexity index is 1020. The van der Waals surface area contributed by atoms with Crippen LogP contribution in [0.4, 0.5) is 30.2 Å². The van der Waals surface area contributed by atoms with Crippen LogP contribution in [0.2, 0.25) is 0 Å². The molecule has 33 heavy (non-hydrogen) atoms. The van der Waals surface area contributed by atoms with E-state index in [-0.39, 0.29) is 23.9 Å². The smallest absolute Gasteiger partial charge is 0.406 e. The van der Waals surface area contributed by atoms with Gasteiger partial charge in [-0.3, -0.25) is 14.9 Å². The fourth-order valence-electron chi connectivity index (χ4n) is 4.28. The fraction of sp³-hybridized carbons (Fsp3) is 0.409. The lowest BCUT2D eigenvalue weighted by Gasteiger charge is -2.38. The number of nitro groups is 1. The molecule has 1 fully saturated rings. The van der Waals surface area contributed by atoms with E-state index in [0.717, 1.165) is 23.4 Å². The topological polar surface area (TPSA) is 79.2 Å². The Balaban J connectivity index is 1.34. The van der Waals surface area contributed by atoms with E-state index in [1.165, 1.54) is 24.3 Å². The standard InChI is InChI=1S/C22H23F3N4O4/c23-22(24,25)33-19-7-8-20-16(14-19)2-1-9-28(20)15-21(30)27-12-10-26(11-13-27)17-3-5-18(6-4-17)29(31)32/h3-8,14H,1-2,9-13,15H2. The van der Waals surface area contributed by atoms with Gasteiger partial charge in [-0.1, -0.05) is 0 Å². The number of amides is 1. The van der Waals surface area contributed by atoms with Crippen molar-refractivity contribution >= 4 is 23.0 Å². The molecular weight excluding hydrogens is 441 g/mol. The van der Waals surface area contributed by atoms with E-state index >= 15 is 0 Å². The molecule has 0 unspecified atom stereocenters. The molecule has 8 nitrogen and oxygen atoms in total. The average molecular weight is 464 g/mol. The first-order chi connectivity index (χ1) is 15.7. The summed E-state index contributed by atoms with van der Waals surface area (Å²) in [5, 5.41) is 10.8. The van der Waals surface area contributed by atoms with E-state index in [9.17, 15) is 28.1 Å². The number of rotatable bonds is 5. The number of fused-ring (bicyclic) bond motifs is 1. The predicted octanol–water partition coefficient (Wildman–Crippen LogP) is 3.59. The molecule has 0 saturated carbocycles. The molecule has 2 heterocycles. The monoisotopic (exact) mass is 464 g/mol. The quantitative estimate of drug-likeness (QED) is 0.497. The fourth-order valence-corrected chi connectivity index (χ4v) is 4.28. The largest absolute Gasteiger partial charge is 0.573 e. The van der Waals surface area contributed by atoms with Gasteiger partial charge in [-0.2, -0.15) is 0 Å². The highest BCUT2D eigenvalue weighted by Crippen LogP contribution is 2.32. The summed E-state index contributed by atoms with van der Waals surface area (Å²) in [6.07, 6.45) is -3.37. The summed E-state index contributed by atoms with van der Waals surface area (Å²) in [6, 6.07) is 10.6. The summed E-state index contributed by atoms with van der Waals surface area (Å²) in [6.45, 7) is 3.07. The Kier molecular flexibility index (Phi) is 6.30. The van der Waals surface area contributed by atoms with E-state index < -0.39 is 11.3 Å². The number of anilines is 2. The SMILES string of the molecule is O=C(CN1CCCc2cc(OC(F)(F)F)ccc21)N1CCN(c2ccc([N+](=O)[O-])cc2)CC1. The first kappa shape index (κ1) is 22.7. The third-order valence-corrected chi connectivity index (χ3v) is 5.88. The van der Waals surface area contributed by atoms with Crippen LogP contribution >= 0.6 is 0 Å². The molecule has 1 amide bonds. The highest BCUT2D eigenvalue weighted by molar-refractivity contribution is 5.82. The van der Waals surface area contributed by atoms with Gasteiger partial charge in [0.25, 0.3) is 5.69 Å². The third kappa shape index (κ3) is 5.47. The third-order valence-electron chi connectivity index (χ3n) is 5.88. The molecule has 0 radical (unpaired) electrons. The second-order valence-electron chi connectivity index (χ2n) is 8.00. The van der Waals surface area contributed by atoms with Crippen molar-refractivity contribution in [2.45, 2.75) is 19.2 Å². The number of halogens is 3. The number of non-ortho nitro benzene ring substituents is 1. The van der Waals surface area contributed by atoms with Gasteiger partial charge in [0.2, 0.25) is 5.91 Å². The lowest BCUT2D eigenvalue weighted by Crippen LogP contribution is -2.51. The summed E-state index contributed by atoms with van der Waals surface area (Å²) >= 11 is 0. The van der Waals surface area contributed by atoms with Crippen molar-refractivity contribution in [1.29, 1.82) is 0 Å². The van der Waals surface area contributed by atoms with Crippen molar-refractivity contribution in [1.82, 2.24) is 4.90 Å². The number of alkyl halides is 3. The number of piperazine rings is 1. The van der Waals surface area contributed by atoms with E-state index in [2.05, 4.69) is 9.64 Å². The summed E-state index contributed by atoms with van der Waals surface area (Å²) in [4.78, 5) is 29.0. The minimum absolute atomic E-state index is 0.0338. The zero-order valence-electron chi connectivity index (χ0n) is 17.8. The number of nitro benzene ring substituents is 1. The highest BCUT2D eigenvalue weighted by Gasteiger charge is 2.32. The van der Waals surface area contributed by atoms with Gasteiger partial charge in [-0.05, 0) is 48.7 Å². The van der Waals surface area contributed by atoms with Gasteiger partial charge in [0.05, 0.1) is 11.5 Å². The Hall–Kier alpha value is -3.50. The van der Waals surface area contributed by atoms with Gasteiger partial charge in [-0.15, -0.1) is 13.2 Å². The van der Waals surface area contributed by atoms with Crippen molar-refractivity contribution in [3.8, 4) is 5.75 Å². The molecule has 11 heteroatoms. The molecule has 2 aliphatic heterocycles. The molecule has 0 aliphatic carbocycles. The lowest BCUT2D eigenvalue weighted by atomic mass is 10.0. The Morgan fingerprint density at radius 2 is 1.73 bits per heavy atom. The van der Waals surface area contributed by atoms with Gasteiger partial charge >= 0.3 is 6.36 Å². The highest BCUT2D eigenvalue weighted by atomic mass is 19.4. The molecule has 4 rings (SSSR count). The number of hydrogen-bond acceptors (Lipinski definition) is 6. The van der Waals surface area contributed by atoms with Gasteiger partial charge in [0.15, 0.2) is 0 Å². The zero-order chi connectivity index (χ0) is 23.6. The first-order valence-electron chi connectivity index (χ1n) is 10.6. The normalized spacial score (nSPS) is 16.4. The first-order valence-corrected chi connectivity index (χ1v) is 10.6. The number of hydrogen-bond donors (Lipinski definition) is 0.